The monoisotopic (exact) mass is 388 g/mol. The Morgan fingerprint density at radius 2 is 1.56 bits per heavy atom. The Bertz CT molecular complexity index is 799. The minimum atomic E-state index is -3.17. The molecule has 2 aromatic rings. The van der Waals surface area contributed by atoms with E-state index < -0.39 is 10.0 Å². The molecule has 0 amide bonds. The summed E-state index contributed by atoms with van der Waals surface area (Å²) in [6.07, 6.45) is 1.47. The molecule has 1 heterocycles. The lowest BCUT2D eigenvalue weighted by Gasteiger charge is -2.34. The number of hydrogen-bond acceptors (Lipinski definition) is 4. The molecule has 0 atom stereocenters. The van der Waals surface area contributed by atoms with Gasteiger partial charge in [0.15, 0.2) is 0 Å². The number of sulfonamides is 1. The molecular formula is C21H28N2O3S. The number of aryl methyl sites for hydroxylation is 1. The van der Waals surface area contributed by atoms with Crippen molar-refractivity contribution in [3.8, 4) is 5.75 Å². The Morgan fingerprint density at radius 3 is 2.19 bits per heavy atom. The average molecular weight is 389 g/mol. The van der Waals surface area contributed by atoms with Crippen LogP contribution in [0.25, 0.3) is 0 Å². The van der Waals surface area contributed by atoms with Crippen molar-refractivity contribution in [1.82, 2.24) is 9.21 Å². The van der Waals surface area contributed by atoms with Crippen molar-refractivity contribution in [3.05, 3.63) is 65.7 Å². The average Bonchev–Trinajstić information content (AvgIpc) is 2.70. The third-order valence-electron chi connectivity index (χ3n) is 5.00. The summed E-state index contributed by atoms with van der Waals surface area (Å²) in [4.78, 5) is 2.30. The number of hydrogen-bond donors (Lipinski definition) is 0. The van der Waals surface area contributed by atoms with Gasteiger partial charge < -0.3 is 4.74 Å². The van der Waals surface area contributed by atoms with Crippen LogP contribution in [0.2, 0.25) is 0 Å². The van der Waals surface area contributed by atoms with Gasteiger partial charge in [-0.2, -0.15) is 4.31 Å². The van der Waals surface area contributed by atoms with Crippen LogP contribution < -0.4 is 4.74 Å². The molecule has 146 valence electrons. The van der Waals surface area contributed by atoms with Crippen molar-refractivity contribution in [2.24, 2.45) is 0 Å². The van der Waals surface area contributed by atoms with Gasteiger partial charge in [-0.05, 0) is 36.1 Å². The zero-order chi connectivity index (χ0) is 19.1. The molecule has 0 aliphatic carbocycles. The molecular weight excluding hydrogens is 360 g/mol. The van der Waals surface area contributed by atoms with Crippen LogP contribution in [0, 0.1) is 0 Å². The summed E-state index contributed by atoms with van der Waals surface area (Å²) in [6, 6.07) is 18.1. The second-order valence-corrected chi connectivity index (χ2v) is 9.02. The molecule has 1 saturated heterocycles. The van der Waals surface area contributed by atoms with Crippen molar-refractivity contribution in [1.29, 1.82) is 0 Å². The van der Waals surface area contributed by atoms with Crippen molar-refractivity contribution in [3.63, 3.8) is 0 Å². The van der Waals surface area contributed by atoms with Crippen LogP contribution in [-0.2, 0) is 23.0 Å². The van der Waals surface area contributed by atoms with E-state index in [1.54, 1.807) is 11.4 Å². The van der Waals surface area contributed by atoms with E-state index in [0.29, 0.717) is 19.5 Å². The molecule has 0 aromatic heterocycles. The summed E-state index contributed by atoms with van der Waals surface area (Å²) in [7, 11) is -1.51. The Morgan fingerprint density at radius 1 is 0.889 bits per heavy atom. The second-order valence-electron chi connectivity index (χ2n) is 6.93. The number of rotatable bonds is 8. The Kier molecular flexibility index (Phi) is 6.88. The first-order chi connectivity index (χ1) is 13.1. The highest BCUT2D eigenvalue weighted by molar-refractivity contribution is 7.89. The largest absolute Gasteiger partial charge is 0.497 e. The third-order valence-corrected chi connectivity index (χ3v) is 6.96. The number of methoxy groups -OCH3 is 1. The number of piperazine rings is 1. The molecule has 3 rings (SSSR count). The number of benzene rings is 2. The fourth-order valence-corrected chi connectivity index (χ4v) is 4.87. The SMILES string of the molecule is COc1ccc(CN2CCN(S(=O)(=O)CCCc3ccccc3)CC2)cc1. The minimum Gasteiger partial charge on any atom is -0.497 e. The molecule has 0 radical (unpaired) electrons. The van der Waals surface area contributed by atoms with Crippen molar-refractivity contribution in [2.45, 2.75) is 19.4 Å². The van der Waals surface area contributed by atoms with Gasteiger partial charge in [0.05, 0.1) is 12.9 Å². The molecule has 0 N–H and O–H groups in total. The van der Waals surface area contributed by atoms with E-state index in [2.05, 4.69) is 17.0 Å². The Hall–Kier alpha value is -1.89. The van der Waals surface area contributed by atoms with E-state index in [1.165, 1.54) is 11.1 Å². The summed E-state index contributed by atoms with van der Waals surface area (Å²) >= 11 is 0. The van der Waals surface area contributed by atoms with E-state index in [4.69, 9.17) is 4.74 Å². The zero-order valence-electron chi connectivity index (χ0n) is 15.9. The molecule has 0 spiro atoms. The maximum atomic E-state index is 12.6. The first-order valence-corrected chi connectivity index (χ1v) is 11.0. The van der Waals surface area contributed by atoms with Crippen molar-refractivity contribution in [2.75, 3.05) is 39.0 Å². The van der Waals surface area contributed by atoms with Crippen LogP contribution in [0.4, 0.5) is 0 Å². The summed E-state index contributed by atoms with van der Waals surface area (Å²) in [6.45, 7) is 3.52. The van der Waals surface area contributed by atoms with Crippen LogP contribution in [0.15, 0.2) is 54.6 Å². The zero-order valence-corrected chi connectivity index (χ0v) is 16.7. The van der Waals surface area contributed by atoms with E-state index in [-0.39, 0.29) is 5.75 Å². The molecule has 1 fully saturated rings. The minimum absolute atomic E-state index is 0.223. The van der Waals surface area contributed by atoms with E-state index in [9.17, 15) is 8.42 Å². The van der Waals surface area contributed by atoms with Crippen LogP contribution in [0.3, 0.4) is 0 Å². The molecule has 27 heavy (non-hydrogen) atoms. The first-order valence-electron chi connectivity index (χ1n) is 9.44. The molecule has 5 nitrogen and oxygen atoms in total. The summed E-state index contributed by atoms with van der Waals surface area (Å²) in [5, 5.41) is 0. The highest BCUT2D eigenvalue weighted by Crippen LogP contribution is 2.16. The smallest absolute Gasteiger partial charge is 0.214 e. The van der Waals surface area contributed by atoms with Gasteiger partial charge in [0.25, 0.3) is 0 Å². The second kappa shape index (κ2) is 9.35. The molecule has 1 aliphatic heterocycles. The van der Waals surface area contributed by atoms with E-state index in [1.807, 2.05) is 42.5 Å². The summed E-state index contributed by atoms with van der Waals surface area (Å²) < 4.78 is 32.0. The van der Waals surface area contributed by atoms with Gasteiger partial charge >= 0.3 is 0 Å². The van der Waals surface area contributed by atoms with Gasteiger partial charge in [-0.25, -0.2) is 8.42 Å². The highest BCUT2D eigenvalue weighted by Gasteiger charge is 2.26. The molecule has 0 saturated carbocycles. The third kappa shape index (κ3) is 5.79. The van der Waals surface area contributed by atoms with Gasteiger partial charge in [-0.1, -0.05) is 42.5 Å². The standard InChI is InChI=1S/C21H28N2O3S/c1-26-21-11-9-20(10-12-21)18-22-13-15-23(16-14-22)27(24,25)17-5-8-19-6-3-2-4-7-19/h2-4,6-7,9-12H,5,8,13-18H2,1H3. The van der Waals surface area contributed by atoms with Crippen LogP contribution in [0.1, 0.15) is 17.5 Å². The molecule has 6 heteroatoms. The van der Waals surface area contributed by atoms with Crippen LogP contribution >= 0.6 is 0 Å². The maximum Gasteiger partial charge on any atom is 0.214 e. The van der Waals surface area contributed by atoms with Crippen LogP contribution in [0.5, 0.6) is 5.75 Å². The van der Waals surface area contributed by atoms with Crippen LogP contribution in [-0.4, -0.2) is 56.7 Å². The first kappa shape index (κ1) is 19.9. The van der Waals surface area contributed by atoms with Crippen molar-refractivity contribution >= 4 is 10.0 Å². The summed E-state index contributed by atoms with van der Waals surface area (Å²) in [5.74, 6) is 1.07. The normalized spacial score (nSPS) is 16.3. The lowest BCUT2D eigenvalue weighted by molar-refractivity contribution is 0.181. The van der Waals surface area contributed by atoms with Gasteiger partial charge in [-0.3, -0.25) is 4.90 Å². The quantitative estimate of drug-likeness (QED) is 0.698. The lowest BCUT2D eigenvalue weighted by atomic mass is 10.1. The van der Waals surface area contributed by atoms with Crippen molar-refractivity contribution < 1.29 is 13.2 Å². The highest BCUT2D eigenvalue weighted by atomic mass is 32.2. The molecule has 1 aliphatic rings. The molecule has 2 aromatic carbocycles. The maximum absolute atomic E-state index is 12.6. The van der Waals surface area contributed by atoms with Gasteiger partial charge in [0.1, 0.15) is 5.75 Å². The fourth-order valence-electron chi connectivity index (χ4n) is 3.39. The van der Waals surface area contributed by atoms with E-state index in [0.717, 1.165) is 31.8 Å². The predicted octanol–water partition coefficient (Wildman–Crippen LogP) is 2.78. The predicted molar refractivity (Wildman–Crippen MR) is 108 cm³/mol. The fraction of sp³-hybridized carbons (Fsp3) is 0.429. The molecule has 0 bridgehead atoms. The number of nitrogens with zero attached hydrogens (tertiary/aromatic N) is 2. The van der Waals surface area contributed by atoms with E-state index >= 15 is 0 Å². The van der Waals surface area contributed by atoms with Gasteiger partial charge in [-0.15, -0.1) is 0 Å². The number of ether oxygens (including phenoxy) is 1. The van der Waals surface area contributed by atoms with Gasteiger partial charge in [0, 0.05) is 32.7 Å². The lowest BCUT2D eigenvalue weighted by Crippen LogP contribution is -2.48. The summed E-state index contributed by atoms with van der Waals surface area (Å²) in [5.41, 5.74) is 2.41. The topological polar surface area (TPSA) is 49.9 Å². The van der Waals surface area contributed by atoms with Gasteiger partial charge in [0.2, 0.25) is 10.0 Å². The Labute approximate surface area is 162 Å². The molecule has 0 unspecified atom stereocenters. The Balaban J connectivity index is 1.44.